The van der Waals surface area contributed by atoms with Gasteiger partial charge in [0.2, 0.25) is 0 Å². The molecule has 0 saturated heterocycles. The summed E-state index contributed by atoms with van der Waals surface area (Å²) in [5.74, 6) is -0.549. The van der Waals surface area contributed by atoms with E-state index in [0.29, 0.717) is 28.6 Å². The largest absolute Gasteiger partial charge is 0.495 e. The van der Waals surface area contributed by atoms with E-state index in [1.807, 2.05) is 37.3 Å². The molecule has 0 saturated carbocycles. The number of anilines is 1. The molecule has 27 heavy (non-hydrogen) atoms. The van der Waals surface area contributed by atoms with Crippen LogP contribution in [0.4, 0.5) is 5.69 Å². The van der Waals surface area contributed by atoms with Crippen molar-refractivity contribution >= 4 is 29.2 Å². The molecule has 2 rings (SSSR count). The van der Waals surface area contributed by atoms with Crippen LogP contribution in [-0.4, -0.2) is 32.7 Å². The molecule has 0 bridgehead atoms. The summed E-state index contributed by atoms with van der Waals surface area (Å²) in [4.78, 5) is 24.5. The summed E-state index contributed by atoms with van der Waals surface area (Å²) in [5, 5.41) is 2.94. The van der Waals surface area contributed by atoms with Gasteiger partial charge < -0.3 is 19.5 Å². The van der Waals surface area contributed by atoms with E-state index < -0.39 is 24.4 Å². The molecule has 144 valence electrons. The predicted octanol–water partition coefficient (Wildman–Crippen LogP) is 4.03. The minimum absolute atomic E-state index is 0.320. The maximum absolute atomic E-state index is 12.3. The van der Waals surface area contributed by atoms with Crippen molar-refractivity contribution in [3.8, 4) is 11.5 Å². The van der Waals surface area contributed by atoms with E-state index in [1.165, 1.54) is 20.3 Å². The van der Waals surface area contributed by atoms with E-state index in [9.17, 15) is 9.59 Å². The summed E-state index contributed by atoms with van der Waals surface area (Å²) in [6.07, 6.45) is 0.576. The van der Waals surface area contributed by atoms with Gasteiger partial charge in [-0.3, -0.25) is 9.59 Å². The fourth-order valence-electron chi connectivity index (χ4n) is 2.61. The number of halogens is 1. The van der Waals surface area contributed by atoms with Gasteiger partial charge in [-0.2, -0.15) is 0 Å². The number of nitrogens with one attached hydrogen (secondary N) is 1. The third-order valence-electron chi connectivity index (χ3n) is 3.99. The van der Waals surface area contributed by atoms with Crippen LogP contribution in [-0.2, 0) is 14.3 Å². The lowest BCUT2D eigenvalue weighted by Gasteiger charge is -2.15. The lowest BCUT2D eigenvalue weighted by Crippen LogP contribution is -2.24. The van der Waals surface area contributed by atoms with Gasteiger partial charge in [0.25, 0.3) is 5.91 Å². The fraction of sp³-hybridized carbons (Fsp3) is 0.300. The van der Waals surface area contributed by atoms with Crippen molar-refractivity contribution < 1.29 is 23.8 Å². The van der Waals surface area contributed by atoms with E-state index >= 15 is 0 Å². The molecule has 0 aliphatic carbocycles. The minimum atomic E-state index is -0.495. The average molecular weight is 392 g/mol. The summed E-state index contributed by atoms with van der Waals surface area (Å²) in [6, 6.07) is 12.4. The predicted molar refractivity (Wildman–Crippen MR) is 104 cm³/mol. The molecule has 0 unspecified atom stereocenters. The first-order valence-corrected chi connectivity index (χ1v) is 8.80. The molecule has 0 radical (unpaired) electrons. The number of esters is 1. The first kappa shape index (κ1) is 20.6. The van der Waals surface area contributed by atoms with Gasteiger partial charge in [0, 0.05) is 6.07 Å². The lowest BCUT2D eigenvalue weighted by molar-refractivity contribution is -0.149. The van der Waals surface area contributed by atoms with E-state index in [1.54, 1.807) is 6.07 Å². The van der Waals surface area contributed by atoms with Crippen LogP contribution in [0.25, 0.3) is 0 Å². The van der Waals surface area contributed by atoms with Crippen LogP contribution in [0, 0.1) is 0 Å². The molecule has 0 aromatic heterocycles. The summed E-state index contributed by atoms with van der Waals surface area (Å²) < 4.78 is 15.5. The van der Waals surface area contributed by atoms with Crippen molar-refractivity contribution in [2.75, 3.05) is 26.1 Å². The molecule has 0 aliphatic rings. The fourth-order valence-corrected chi connectivity index (χ4v) is 2.85. The zero-order valence-corrected chi connectivity index (χ0v) is 16.2. The Morgan fingerprint density at radius 2 is 1.74 bits per heavy atom. The SMILES string of the molecule is CC[C@H](C(=O)OCC(=O)Nc1cc(Cl)c(OC)cc1OC)c1ccccc1. The number of rotatable bonds is 8. The van der Waals surface area contributed by atoms with Crippen molar-refractivity contribution in [1.29, 1.82) is 0 Å². The number of carbonyl (C=O) groups is 2. The van der Waals surface area contributed by atoms with Crippen molar-refractivity contribution in [1.82, 2.24) is 0 Å². The van der Waals surface area contributed by atoms with Crippen molar-refractivity contribution in [2.45, 2.75) is 19.3 Å². The van der Waals surface area contributed by atoms with Gasteiger partial charge in [0.1, 0.15) is 11.5 Å². The zero-order valence-electron chi connectivity index (χ0n) is 15.5. The molecule has 6 nitrogen and oxygen atoms in total. The first-order chi connectivity index (χ1) is 13.0. The van der Waals surface area contributed by atoms with Gasteiger partial charge in [-0.15, -0.1) is 0 Å². The van der Waals surface area contributed by atoms with Crippen LogP contribution in [0.3, 0.4) is 0 Å². The molecule has 2 aromatic carbocycles. The van der Waals surface area contributed by atoms with E-state index in [-0.39, 0.29) is 0 Å². The molecule has 1 amide bonds. The summed E-state index contributed by atoms with van der Waals surface area (Å²) in [6.45, 7) is 1.48. The van der Waals surface area contributed by atoms with Gasteiger partial charge in [-0.1, -0.05) is 48.9 Å². The Morgan fingerprint density at radius 1 is 1.07 bits per heavy atom. The van der Waals surface area contributed by atoms with Crippen molar-refractivity contribution in [2.24, 2.45) is 0 Å². The van der Waals surface area contributed by atoms with Gasteiger partial charge >= 0.3 is 5.97 Å². The number of ether oxygens (including phenoxy) is 3. The molecule has 1 atom stereocenters. The second kappa shape index (κ2) is 9.83. The highest BCUT2D eigenvalue weighted by atomic mass is 35.5. The normalized spacial score (nSPS) is 11.4. The van der Waals surface area contributed by atoms with Gasteiger partial charge in [0.05, 0.1) is 30.8 Å². The second-order valence-electron chi connectivity index (χ2n) is 5.71. The van der Waals surface area contributed by atoms with Crippen LogP contribution in [0.5, 0.6) is 11.5 Å². The van der Waals surface area contributed by atoms with Crippen LogP contribution in [0.15, 0.2) is 42.5 Å². The topological polar surface area (TPSA) is 73.9 Å². The molecule has 7 heteroatoms. The molecular formula is C20H22ClNO5. The zero-order chi connectivity index (χ0) is 19.8. The Hall–Kier alpha value is -2.73. The number of benzene rings is 2. The molecule has 2 aromatic rings. The monoisotopic (exact) mass is 391 g/mol. The van der Waals surface area contributed by atoms with Gasteiger partial charge in [-0.05, 0) is 18.1 Å². The van der Waals surface area contributed by atoms with Crippen LogP contribution in [0.1, 0.15) is 24.8 Å². The van der Waals surface area contributed by atoms with Crippen LogP contribution >= 0.6 is 11.6 Å². The van der Waals surface area contributed by atoms with Gasteiger partial charge in [0.15, 0.2) is 6.61 Å². The summed E-state index contributed by atoms with van der Waals surface area (Å²) >= 11 is 6.08. The summed E-state index contributed by atoms with van der Waals surface area (Å²) in [5.41, 5.74) is 1.22. The average Bonchev–Trinajstić information content (AvgIpc) is 2.68. The van der Waals surface area contributed by atoms with E-state index in [2.05, 4.69) is 5.32 Å². The number of carbonyl (C=O) groups excluding carboxylic acids is 2. The highest BCUT2D eigenvalue weighted by Gasteiger charge is 2.21. The molecule has 0 spiro atoms. The Labute approximate surface area is 163 Å². The summed E-state index contributed by atoms with van der Waals surface area (Å²) in [7, 11) is 2.94. The number of hydrogen-bond acceptors (Lipinski definition) is 5. The number of methoxy groups -OCH3 is 2. The van der Waals surface area contributed by atoms with Crippen LogP contribution < -0.4 is 14.8 Å². The van der Waals surface area contributed by atoms with E-state index in [0.717, 1.165) is 5.56 Å². The third kappa shape index (κ3) is 5.37. The van der Waals surface area contributed by atoms with E-state index in [4.69, 9.17) is 25.8 Å². The lowest BCUT2D eigenvalue weighted by atomic mass is 9.97. The molecule has 0 fully saturated rings. The molecule has 1 N–H and O–H groups in total. The highest BCUT2D eigenvalue weighted by molar-refractivity contribution is 6.32. The third-order valence-corrected chi connectivity index (χ3v) is 4.28. The molecule has 0 heterocycles. The Bertz CT molecular complexity index is 794. The Kier molecular flexibility index (Phi) is 7.49. The first-order valence-electron chi connectivity index (χ1n) is 8.43. The maximum atomic E-state index is 12.3. The van der Waals surface area contributed by atoms with Crippen molar-refractivity contribution in [3.05, 3.63) is 53.1 Å². The Balaban J connectivity index is 2.00. The standard InChI is InChI=1S/C20H22ClNO5/c1-4-14(13-8-6-5-7-9-13)20(24)27-12-19(23)22-16-10-15(21)17(25-2)11-18(16)26-3/h5-11,14H,4,12H2,1-3H3,(H,22,23)/t14-/m0/s1. The Morgan fingerprint density at radius 3 is 2.33 bits per heavy atom. The number of amides is 1. The smallest absolute Gasteiger partial charge is 0.313 e. The quantitative estimate of drug-likeness (QED) is 0.687. The van der Waals surface area contributed by atoms with Gasteiger partial charge in [-0.25, -0.2) is 0 Å². The number of hydrogen-bond donors (Lipinski definition) is 1. The second-order valence-corrected chi connectivity index (χ2v) is 6.12. The minimum Gasteiger partial charge on any atom is -0.495 e. The van der Waals surface area contributed by atoms with Crippen LogP contribution in [0.2, 0.25) is 5.02 Å². The highest BCUT2D eigenvalue weighted by Crippen LogP contribution is 2.35. The maximum Gasteiger partial charge on any atom is 0.313 e. The molecular weight excluding hydrogens is 370 g/mol. The molecule has 0 aliphatic heterocycles. The van der Waals surface area contributed by atoms with Crippen molar-refractivity contribution in [3.63, 3.8) is 0 Å².